The maximum atomic E-state index is 14.9. The predicted molar refractivity (Wildman–Crippen MR) is 125 cm³/mol. The fraction of sp³-hybridized carbons (Fsp3) is 0.208. The molecule has 0 aliphatic carbocycles. The van der Waals surface area contributed by atoms with E-state index in [4.69, 9.17) is 26.3 Å². The molecule has 0 aromatic heterocycles. The molecule has 0 radical (unpaired) electrons. The molecule has 2 N–H and O–H groups in total. The van der Waals surface area contributed by atoms with Gasteiger partial charge in [0.05, 0.1) is 4.90 Å². The van der Waals surface area contributed by atoms with Crippen LogP contribution in [-0.2, 0) is 27.6 Å². The highest BCUT2D eigenvalue weighted by atomic mass is 35.5. The number of carbonyl (C=O) groups excluding carboxylic acids is 1. The van der Waals surface area contributed by atoms with Crippen molar-refractivity contribution in [3.8, 4) is 11.5 Å². The maximum Gasteiger partial charge on any atom is 0.432 e. The Bertz CT molecular complexity index is 1330. The second kappa shape index (κ2) is 10.2. The molecular formula is C24H22ClFN2O6S. The van der Waals surface area contributed by atoms with Crippen molar-refractivity contribution >= 4 is 27.7 Å². The number of rotatable bonds is 6. The molecule has 3 aromatic carbocycles. The first-order valence-electron chi connectivity index (χ1n) is 10.7. The van der Waals surface area contributed by atoms with Gasteiger partial charge in [-0.1, -0.05) is 24.6 Å². The Hall–Kier alpha value is -3.18. The molecule has 1 aliphatic heterocycles. The van der Waals surface area contributed by atoms with Gasteiger partial charge in [-0.05, 0) is 78.6 Å². The minimum atomic E-state index is -4.23. The van der Waals surface area contributed by atoms with E-state index in [-0.39, 0.29) is 23.4 Å². The summed E-state index contributed by atoms with van der Waals surface area (Å²) in [6, 6.07) is 15.2. The minimum Gasteiger partial charge on any atom is -0.457 e. The number of fused-ring (bicyclic) bond motifs is 1. The van der Waals surface area contributed by atoms with Crippen LogP contribution in [0.3, 0.4) is 0 Å². The van der Waals surface area contributed by atoms with Crippen LogP contribution < -0.4 is 10.2 Å². The van der Waals surface area contributed by atoms with Crippen molar-refractivity contribution in [3.05, 3.63) is 88.2 Å². The Kier molecular flexibility index (Phi) is 7.27. The average Bonchev–Trinajstić information content (AvgIpc) is 2.86. The van der Waals surface area contributed by atoms with E-state index in [0.717, 1.165) is 9.87 Å². The fourth-order valence-electron chi connectivity index (χ4n) is 4.00. The molecule has 0 spiro atoms. The molecule has 11 heteroatoms. The van der Waals surface area contributed by atoms with Gasteiger partial charge < -0.3 is 9.47 Å². The Balaban J connectivity index is 1.67. The predicted octanol–water partition coefficient (Wildman–Crippen LogP) is 5.19. The van der Waals surface area contributed by atoms with Crippen molar-refractivity contribution in [2.45, 2.75) is 30.9 Å². The molecule has 0 saturated heterocycles. The van der Waals surface area contributed by atoms with Gasteiger partial charge in [-0.25, -0.2) is 23.1 Å². The number of halogens is 2. The molecule has 1 aliphatic rings. The number of hydrogen-bond donors (Lipinski definition) is 2. The quantitative estimate of drug-likeness (QED) is 0.342. The molecule has 35 heavy (non-hydrogen) atoms. The standard InChI is InChI=1S/C24H22ClFN2O6S/c1-2-15-3-12-21(26)22-20(15)13-14-28(23(22)34-24(29)27-30)35(31,32)19-10-8-18(9-11-19)33-17-6-4-16(25)5-7-17/h3-12,23,30H,2,13-14H2,1H3,(H,27,29). The third kappa shape index (κ3) is 5.10. The van der Waals surface area contributed by atoms with Gasteiger partial charge in [-0.2, -0.15) is 4.31 Å². The highest BCUT2D eigenvalue weighted by Crippen LogP contribution is 2.38. The Morgan fingerprint density at radius 1 is 1.11 bits per heavy atom. The minimum absolute atomic E-state index is 0.0505. The highest BCUT2D eigenvalue weighted by Gasteiger charge is 2.41. The number of benzene rings is 3. The number of aryl methyl sites for hydroxylation is 1. The van der Waals surface area contributed by atoms with Gasteiger partial charge in [0, 0.05) is 17.1 Å². The molecule has 3 aromatic rings. The Morgan fingerprint density at radius 3 is 2.34 bits per heavy atom. The van der Waals surface area contributed by atoms with E-state index in [1.807, 2.05) is 6.92 Å². The molecule has 1 heterocycles. The van der Waals surface area contributed by atoms with Crippen molar-refractivity contribution < 1.29 is 32.3 Å². The zero-order valence-corrected chi connectivity index (χ0v) is 20.1. The van der Waals surface area contributed by atoms with Gasteiger partial charge in [-0.15, -0.1) is 0 Å². The van der Waals surface area contributed by atoms with Crippen LogP contribution in [0, 0.1) is 5.82 Å². The average molecular weight is 521 g/mol. The number of ether oxygens (including phenoxy) is 2. The number of hydrogen-bond acceptors (Lipinski definition) is 6. The molecule has 0 saturated carbocycles. The van der Waals surface area contributed by atoms with E-state index < -0.39 is 28.2 Å². The third-order valence-corrected chi connectivity index (χ3v) is 7.77. The van der Waals surface area contributed by atoms with Crippen molar-refractivity contribution in [1.82, 2.24) is 9.79 Å². The largest absolute Gasteiger partial charge is 0.457 e. The smallest absolute Gasteiger partial charge is 0.432 e. The first-order chi connectivity index (χ1) is 16.7. The second-order valence-corrected chi connectivity index (χ2v) is 10.0. The molecular weight excluding hydrogens is 499 g/mol. The van der Waals surface area contributed by atoms with Crippen molar-refractivity contribution in [1.29, 1.82) is 0 Å². The molecule has 4 rings (SSSR count). The first kappa shape index (κ1) is 24.9. The molecule has 0 fully saturated rings. The fourth-order valence-corrected chi connectivity index (χ4v) is 5.61. The van der Waals surface area contributed by atoms with Gasteiger partial charge in [0.25, 0.3) is 0 Å². The van der Waals surface area contributed by atoms with Crippen LogP contribution >= 0.6 is 11.6 Å². The lowest BCUT2D eigenvalue weighted by atomic mass is 9.92. The number of sulfonamides is 1. The molecule has 8 nitrogen and oxygen atoms in total. The topological polar surface area (TPSA) is 105 Å². The number of carbonyl (C=O) groups is 1. The number of nitrogens with one attached hydrogen (secondary N) is 1. The molecule has 1 atom stereocenters. The molecule has 1 amide bonds. The maximum absolute atomic E-state index is 14.9. The van der Waals surface area contributed by atoms with Gasteiger partial charge in [0.15, 0.2) is 6.23 Å². The lowest BCUT2D eigenvalue weighted by molar-refractivity contribution is 0.000313. The second-order valence-electron chi connectivity index (χ2n) is 7.71. The summed E-state index contributed by atoms with van der Waals surface area (Å²) in [5.74, 6) is 0.198. The SMILES string of the molecule is CCc1ccc(F)c2c1CCN(S(=O)(=O)c1ccc(Oc3ccc(Cl)cc3)cc1)C2OC(=O)NO. The van der Waals surface area contributed by atoms with E-state index in [1.54, 1.807) is 30.3 Å². The van der Waals surface area contributed by atoms with Crippen LogP contribution in [0.2, 0.25) is 5.02 Å². The monoisotopic (exact) mass is 520 g/mol. The molecule has 0 bridgehead atoms. The summed E-state index contributed by atoms with van der Waals surface area (Å²) in [6.45, 7) is 1.83. The first-order valence-corrected chi connectivity index (χ1v) is 12.5. The Labute approximate surface area is 206 Å². The summed E-state index contributed by atoms with van der Waals surface area (Å²) in [6.07, 6.45) is -2.10. The lowest BCUT2D eigenvalue weighted by Gasteiger charge is -2.36. The number of amides is 1. The van der Waals surface area contributed by atoms with Crippen molar-refractivity contribution in [2.75, 3.05) is 6.54 Å². The third-order valence-electron chi connectivity index (χ3n) is 5.66. The van der Waals surface area contributed by atoms with Crippen LogP contribution in [0.5, 0.6) is 11.5 Å². The van der Waals surface area contributed by atoms with E-state index in [9.17, 15) is 17.6 Å². The van der Waals surface area contributed by atoms with Crippen LogP contribution in [0.25, 0.3) is 0 Å². The van der Waals surface area contributed by atoms with Gasteiger partial charge in [0.2, 0.25) is 10.0 Å². The van der Waals surface area contributed by atoms with Crippen LogP contribution in [-0.4, -0.2) is 30.6 Å². The summed E-state index contributed by atoms with van der Waals surface area (Å²) < 4.78 is 53.7. The normalized spacial score (nSPS) is 15.8. The van der Waals surface area contributed by atoms with Gasteiger partial charge in [-0.3, -0.25) is 5.21 Å². The van der Waals surface area contributed by atoms with E-state index >= 15 is 0 Å². The van der Waals surface area contributed by atoms with E-state index in [2.05, 4.69) is 0 Å². The summed E-state index contributed by atoms with van der Waals surface area (Å²) >= 11 is 5.87. The number of hydroxylamine groups is 1. The summed E-state index contributed by atoms with van der Waals surface area (Å²) in [5.41, 5.74) is 2.66. The summed E-state index contributed by atoms with van der Waals surface area (Å²) in [5, 5.41) is 9.50. The van der Waals surface area contributed by atoms with Gasteiger partial charge in [0.1, 0.15) is 17.3 Å². The zero-order chi connectivity index (χ0) is 25.2. The summed E-state index contributed by atoms with van der Waals surface area (Å²) in [4.78, 5) is 11.7. The number of nitrogens with zero attached hydrogens (tertiary/aromatic N) is 1. The van der Waals surface area contributed by atoms with E-state index in [1.165, 1.54) is 35.8 Å². The van der Waals surface area contributed by atoms with Crippen molar-refractivity contribution in [2.24, 2.45) is 0 Å². The zero-order valence-electron chi connectivity index (χ0n) is 18.6. The van der Waals surface area contributed by atoms with Gasteiger partial charge >= 0.3 is 6.09 Å². The van der Waals surface area contributed by atoms with Crippen LogP contribution in [0.4, 0.5) is 9.18 Å². The summed E-state index contributed by atoms with van der Waals surface area (Å²) in [7, 11) is -4.23. The van der Waals surface area contributed by atoms with Crippen LogP contribution in [0.15, 0.2) is 65.6 Å². The molecule has 184 valence electrons. The lowest BCUT2D eigenvalue weighted by Crippen LogP contribution is -2.43. The highest BCUT2D eigenvalue weighted by molar-refractivity contribution is 7.89. The van der Waals surface area contributed by atoms with Crippen LogP contribution in [0.1, 0.15) is 29.8 Å². The van der Waals surface area contributed by atoms with E-state index in [0.29, 0.717) is 28.5 Å². The Morgan fingerprint density at radius 2 is 1.74 bits per heavy atom. The van der Waals surface area contributed by atoms with Crippen molar-refractivity contribution in [3.63, 3.8) is 0 Å². The molecule has 1 unspecified atom stereocenters.